The van der Waals surface area contributed by atoms with E-state index >= 15 is 0 Å². The highest BCUT2D eigenvalue weighted by molar-refractivity contribution is 9.10. The Morgan fingerprint density at radius 3 is 2.48 bits per heavy atom. The Balaban J connectivity index is 2.37. The molecule has 0 bridgehead atoms. The van der Waals surface area contributed by atoms with Gasteiger partial charge >= 0.3 is 0 Å². The molecular formula is C15H15BrCl2N2O. The van der Waals surface area contributed by atoms with Gasteiger partial charge < -0.3 is 4.74 Å². The summed E-state index contributed by atoms with van der Waals surface area (Å²) in [6, 6.07) is 11.1. The molecule has 3 N–H and O–H groups in total. The highest BCUT2D eigenvalue weighted by Gasteiger charge is 2.18. The molecule has 0 spiro atoms. The van der Waals surface area contributed by atoms with Crippen molar-refractivity contribution in [1.82, 2.24) is 5.43 Å². The predicted molar refractivity (Wildman–Crippen MR) is 90.9 cm³/mol. The minimum atomic E-state index is -0.162. The first kappa shape index (κ1) is 16.6. The van der Waals surface area contributed by atoms with Gasteiger partial charge in [-0.25, -0.2) is 0 Å². The molecular weight excluding hydrogens is 375 g/mol. The van der Waals surface area contributed by atoms with Crippen molar-refractivity contribution in [2.75, 3.05) is 7.11 Å². The third kappa shape index (κ3) is 3.90. The molecule has 0 heterocycles. The van der Waals surface area contributed by atoms with Crippen LogP contribution in [0.1, 0.15) is 17.2 Å². The second kappa shape index (κ2) is 7.47. The van der Waals surface area contributed by atoms with Crippen LogP contribution in [-0.4, -0.2) is 7.11 Å². The first-order chi connectivity index (χ1) is 10.1. The number of halogens is 3. The molecule has 112 valence electrons. The number of hydrogen-bond donors (Lipinski definition) is 2. The van der Waals surface area contributed by atoms with Gasteiger partial charge in [0.2, 0.25) is 0 Å². The average Bonchev–Trinajstić information content (AvgIpc) is 2.47. The van der Waals surface area contributed by atoms with Crippen molar-refractivity contribution in [1.29, 1.82) is 0 Å². The average molecular weight is 390 g/mol. The highest BCUT2D eigenvalue weighted by atomic mass is 79.9. The van der Waals surface area contributed by atoms with Gasteiger partial charge in [0.25, 0.3) is 0 Å². The van der Waals surface area contributed by atoms with Gasteiger partial charge in [-0.15, -0.1) is 0 Å². The van der Waals surface area contributed by atoms with Gasteiger partial charge in [-0.1, -0.05) is 51.3 Å². The number of hydrogen-bond acceptors (Lipinski definition) is 3. The van der Waals surface area contributed by atoms with Crippen molar-refractivity contribution in [3.8, 4) is 5.75 Å². The van der Waals surface area contributed by atoms with Gasteiger partial charge in [0.05, 0.1) is 13.2 Å². The Labute approximate surface area is 142 Å². The molecule has 0 amide bonds. The van der Waals surface area contributed by atoms with E-state index in [2.05, 4.69) is 21.4 Å². The fraction of sp³-hybridized carbons (Fsp3) is 0.200. The van der Waals surface area contributed by atoms with Crippen LogP contribution in [0.25, 0.3) is 0 Å². The lowest BCUT2D eigenvalue weighted by Gasteiger charge is -2.20. The summed E-state index contributed by atoms with van der Waals surface area (Å²) >= 11 is 15.9. The highest BCUT2D eigenvalue weighted by Crippen LogP contribution is 2.33. The first-order valence-electron chi connectivity index (χ1n) is 6.29. The van der Waals surface area contributed by atoms with Crippen LogP contribution in [0.4, 0.5) is 0 Å². The van der Waals surface area contributed by atoms with Crippen LogP contribution < -0.4 is 16.0 Å². The molecule has 0 saturated carbocycles. The Bertz CT molecular complexity index is 617. The molecule has 0 aliphatic carbocycles. The van der Waals surface area contributed by atoms with Crippen LogP contribution >= 0.6 is 39.1 Å². The standard InChI is InChI=1S/C15H15BrCl2N2O/c1-21-15-7-9(16)5-6-10(15)14(20-19)8-11-12(17)3-2-4-13(11)18/h2-7,14,20H,8,19H2,1H3. The molecule has 2 rings (SSSR count). The van der Waals surface area contributed by atoms with Crippen molar-refractivity contribution in [3.63, 3.8) is 0 Å². The van der Waals surface area contributed by atoms with E-state index in [0.29, 0.717) is 16.5 Å². The van der Waals surface area contributed by atoms with E-state index in [9.17, 15) is 0 Å². The van der Waals surface area contributed by atoms with E-state index < -0.39 is 0 Å². The van der Waals surface area contributed by atoms with E-state index in [-0.39, 0.29) is 6.04 Å². The van der Waals surface area contributed by atoms with Crippen LogP contribution in [0.5, 0.6) is 5.75 Å². The lowest BCUT2D eigenvalue weighted by molar-refractivity contribution is 0.398. The van der Waals surface area contributed by atoms with Gasteiger partial charge in [-0.2, -0.15) is 0 Å². The Morgan fingerprint density at radius 1 is 1.24 bits per heavy atom. The number of methoxy groups -OCH3 is 1. The summed E-state index contributed by atoms with van der Waals surface area (Å²) in [4.78, 5) is 0. The summed E-state index contributed by atoms with van der Waals surface area (Å²) in [6.07, 6.45) is 0.562. The largest absolute Gasteiger partial charge is 0.496 e. The number of ether oxygens (including phenoxy) is 1. The van der Waals surface area contributed by atoms with Crippen molar-refractivity contribution >= 4 is 39.1 Å². The van der Waals surface area contributed by atoms with E-state index in [0.717, 1.165) is 21.3 Å². The zero-order chi connectivity index (χ0) is 15.4. The van der Waals surface area contributed by atoms with E-state index in [1.165, 1.54) is 0 Å². The molecule has 0 aromatic heterocycles. The number of nitrogens with one attached hydrogen (secondary N) is 1. The maximum Gasteiger partial charge on any atom is 0.124 e. The van der Waals surface area contributed by atoms with Gasteiger partial charge in [-0.3, -0.25) is 11.3 Å². The lowest BCUT2D eigenvalue weighted by atomic mass is 9.98. The normalized spacial score (nSPS) is 12.2. The van der Waals surface area contributed by atoms with Crippen molar-refractivity contribution in [3.05, 3.63) is 62.0 Å². The topological polar surface area (TPSA) is 47.3 Å². The Morgan fingerprint density at radius 2 is 1.90 bits per heavy atom. The smallest absolute Gasteiger partial charge is 0.124 e. The molecule has 0 aliphatic heterocycles. The first-order valence-corrected chi connectivity index (χ1v) is 7.84. The summed E-state index contributed by atoms with van der Waals surface area (Å²) in [5.74, 6) is 6.46. The quantitative estimate of drug-likeness (QED) is 0.584. The SMILES string of the molecule is COc1cc(Br)ccc1C(Cc1c(Cl)cccc1Cl)NN. The fourth-order valence-electron chi connectivity index (χ4n) is 2.16. The molecule has 1 unspecified atom stereocenters. The molecule has 0 aliphatic rings. The van der Waals surface area contributed by atoms with Crippen LogP contribution in [0.3, 0.4) is 0 Å². The lowest BCUT2D eigenvalue weighted by Crippen LogP contribution is -2.30. The zero-order valence-electron chi connectivity index (χ0n) is 11.4. The molecule has 0 fully saturated rings. The molecule has 2 aromatic rings. The summed E-state index contributed by atoms with van der Waals surface area (Å²) in [6.45, 7) is 0. The van der Waals surface area contributed by atoms with Crippen LogP contribution in [-0.2, 0) is 6.42 Å². The molecule has 0 radical (unpaired) electrons. The van der Waals surface area contributed by atoms with E-state index in [4.69, 9.17) is 33.8 Å². The summed E-state index contributed by atoms with van der Waals surface area (Å²) in [5, 5.41) is 1.25. The van der Waals surface area contributed by atoms with Gasteiger partial charge in [0, 0.05) is 20.1 Å². The maximum atomic E-state index is 6.23. The number of hydrazine groups is 1. The zero-order valence-corrected chi connectivity index (χ0v) is 14.5. The fourth-order valence-corrected chi connectivity index (χ4v) is 3.05. The summed E-state index contributed by atoms with van der Waals surface area (Å²) in [7, 11) is 1.63. The number of rotatable bonds is 5. The molecule has 3 nitrogen and oxygen atoms in total. The minimum absolute atomic E-state index is 0.162. The second-order valence-electron chi connectivity index (χ2n) is 4.51. The van der Waals surface area contributed by atoms with E-state index in [1.54, 1.807) is 7.11 Å². The Hall–Kier alpha value is -0.780. The molecule has 2 aromatic carbocycles. The third-order valence-corrected chi connectivity index (χ3v) is 4.44. The molecule has 1 atom stereocenters. The molecule has 0 saturated heterocycles. The monoisotopic (exact) mass is 388 g/mol. The maximum absolute atomic E-state index is 6.23. The van der Waals surface area contributed by atoms with Crippen LogP contribution in [0.15, 0.2) is 40.9 Å². The number of nitrogens with two attached hydrogens (primary N) is 1. The van der Waals surface area contributed by atoms with Crippen molar-refractivity contribution in [2.24, 2.45) is 5.84 Å². The minimum Gasteiger partial charge on any atom is -0.496 e. The van der Waals surface area contributed by atoms with Gasteiger partial charge in [0.1, 0.15) is 5.75 Å². The Kier molecular flexibility index (Phi) is 5.90. The molecule has 21 heavy (non-hydrogen) atoms. The second-order valence-corrected chi connectivity index (χ2v) is 6.24. The molecule has 6 heteroatoms. The number of benzene rings is 2. The summed E-state index contributed by atoms with van der Waals surface area (Å²) < 4.78 is 6.36. The van der Waals surface area contributed by atoms with Crippen LogP contribution in [0.2, 0.25) is 10.0 Å². The van der Waals surface area contributed by atoms with E-state index in [1.807, 2.05) is 36.4 Å². The van der Waals surface area contributed by atoms with Gasteiger partial charge in [-0.05, 0) is 36.2 Å². The third-order valence-electron chi connectivity index (χ3n) is 3.24. The van der Waals surface area contributed by atoms with Crippen molar-refractivity contribution in [2.45, 2.75) is 12.5 Å². The van der Waals surface area contributed by atoms with Crippen molar-refractivity contribution < 1.29 is 4.74 Å². The van der Waals surface area contributed by atoms with Crippen LogP contribution in [0, 0.1) is 0 Å². The van der Waals surface area contributed by atoms with Gasteiger partial charge in [0.15, 0.2) is 0 Å². The summed E-state index contributed by atoms with van der Waals surface area (Å²) in [5.41, 5.74) is 4.60. The predicted octanol–water partition coefficient (Wildman–Crippen LogP) is 4.51.